The molecule has 0 saturated carbocycles. The highest BCUT2D eigenvalue weighted by molar-refractivity contribution is 7.10. The molecule has 2 aromatic heterocycles. The van der Waals surface area contributed by atoms with Crippen LogP contribution in [0.15, 0.2) is 40.5 Å². The Bertz CT molecular complexity index is 995. The average molecular weight is 370 g/mol. The summed E-state index contributed by atoms with van der Waals surface area (Å²) in [5.74, 6) is 1.29. The lowest BCUT2D eigenvalue weighted by Crippen LogP contribution is -2.28. The number of H-pyrrole nitrogens is 1. The highest BCUT2D eigenvalue weighted by atomic mass is 32.1. The molecule has 1 aromatic carbocycles. The van der Waals surface area contributed by atoms with Gasteiger partial charge in [-0.25, -0.2) is 0 Å². The van der Waals surface area contributed by atoms with E-state index in [4.69, 9.17) is 9.47 Å². The number of carbonyl (C=O) groups is 1. The molecule has 0 spiro atoms. The summed E-state index contributed by atoms with van der Waals surface area (Å²) in [5, 5.41) is 5.70. The number of hydrogen-bond acceptors (Lipinski definition) is 5. The molecule has 0 atom stereocenters. The quantitative estimate of drug-likeness (QED) is 0.722. The van der Waals surface area contributed by atoms with Crippen LogP contribution in [0.2, 0.25) is 0 Å². The highest BCUT2D eigenvalue weighted by Crippen LogP contribution is 2.33. The van der Waals surface area contributed by atoms with Gasteiger partial charge in [-0.05, 0) is 30.0 Å². The van der Waals surface area contributed by atoms with Gasteiger partial charge < -0.3 is 19.8 Å². The van der Waals surface area contributed by atoms with E-state index in [2.05, 4.69) is 10.3 Å². The van der Waals surface area contributed by atoms with Gasteiger partial charge in [-0.3, -0.25) is 9.59 Å². The smallest absolute Gasteiger partial charge is 0.251 e. The molecule has 0 fully saturated rings. The molecule has 3 aromatic rings. The van der Waals surface area contributed by atoms with Crippen LogP contribution in [0.1, 0.15) is 10.4 Å². The molecular weight excluding hydrogens is 352 g/mol. The maximum absolute atomic E-state index is 12.3. The Morgan fingerprint density at radius 1 is 1.19 bits per heavy atom. The average Bonchev–Trinajstić information content (AvgIpc) is 3.13. The van der Waals surface area contributed by atoms with Crippen molar-refractivity contribution in [1.82, 2.24) is 10.3 Å². The maximum Gasteiger partial charge on any atom is 0.251 e. The fourth-order valence-corrected chi connectivity index (χ4v) is 3.65. The van der Waals surface area contributed by atoms with Crippen molar-refractivity contribution in [3.05, 3.63) is 56.5 Å². The molecule has 0 bridgehead atoms. The summed E-state index contributed by atoms with van der Waals surface area (Å²) in [6, 6.07) is 9.37. The SMILES string of the molecule is O=C(Cc1cccs1)NCCc1cc2cc3c(cc2[nH]c1=O)OCCO3. The molecule has 134 valence electrons. The zero-order valence-electron chi connectivity index (χ0n) is 14.0. The van der Waals surface area contributed by atoms with Gasteiger partial charge in [-0.1, -0.05) is 6.07 Å². The number of hydrogen-bond donors (Lipinski definition) is 2. The van der Waals surface area contributed by atoms with Crippen LogP contribution in [0.25, 0.3) is 10.9 Å². The van der Waals surface area contributed by atoms with E-state index in [9.17, 15) is 9.59 Å². The molecule has 6 nitrogen and oxygen atoms in total. The first-order valence-electron chi connectivity index (χ1n) is 8.44. The molecule has 3 heterocycles. The number of benzene rings is 1. The van der Waals surface area contributed by atoms with E-state index >= 15 is 0 Å². The summed E-state index contributed by atoms with van der Waals surface area (Å²) >= 11 is 1.56. The van der Waals surface area contributed by atoms with Gasteiger partial charge in [-0.15, -0.1) is 11.3 Å². The van der Waals surface area contributed by atoms with Gasteiger partial charge in [0.1, 0.15) is 13.2 Å². The number of aromatic amines is 1. The van der Waals surface area contributed by atoms with E-state index in [1.807, 2.05) is 29.6 Å². The Kier molecular flexibility index (Phi) is 4.62. The van der Waals surface area contributed by atoms with Crippen molar-refractivity contribution in [3.8, 4) is 11.5 Å². The van der Waals surface area contributed by atoms with Crippen molar-refractivity contribution in [3.63, 3.8) is 0 Å². The molecule has 0 unspecified atom stereocenters. The Balaban J connectivity index is 1.45. The van der Waals surface area contributed by atoms with Crippen LogP contribution in [-0.4, -0.2) is 30.6 Å². The van der Waals surface area contributed by atoms with Gasteiger partial charge >= 0.3 is 0 Å². The molecule has 26 heavy (non-hydrogen) atoms. The van der Waals surface area contributed by atoms with E-state index in [0.29, 0.717) is 55.2 Å². The monoisotopic (exact) mass is 370 g/mol. The lowest BCUT2D eigenvalue weighted by molar-refractivity contribution is -0.120. The van der Waals surface area contributed by atoms with Gasteiger partial charge in [0, 0.05) is 28.4 Å². The number of rotatable bonds is 5. The molecule has 1 aliphatic rings. The molecule has 4 rings (SSSR count). The van der Waals surface area contributed by atoms with Crippen molar-refractivity contribution in [2.24, 2.45) is 0 Å². The van der Waals surface area contributed by atoms with Crippen LogP contribution in [0, 0.1) is 0 Å². The zero-order chi connectivity index (χ0) is 17.9. The Morgan fingerprint density at radius 3 is 2.77 bits per heavy atom. The first kappa shape index (κ1) is 16.7. The number of ether oxygens (including phenoxy) is 2. The summed E-state index contributed by atoms with van der Waals surface area (Å²) < 4.78 is 11.1. The fourth-order valence-electron chi connectivity index (χ4n) is 2.94. The second-order valence-corrected chi connectivity index (χ2v) is 7.10. The van der Waals surface area contributed by atoms with Gasteiger partial charge in [-0.2, -0.15) is 0 Å². The molecule has 1 aliphatic heterocycles. The van der Waals surface area contributed by atoms with E-state index in [1.165, 1.54) is 0 Å². The zero-order valence-corrected chi connectivity index (χ0v) is 14.9. The molecule has 1 amide bonds. The molecular formula is C19H18N2O4S. The minimum absolute atomic E-state index is 0.0377. The predicted octanol–water partition coefficient (Wildman–Crippen LogP) is 2.26. The van der Waals surface area contributed by atoms with Crippen LogP contribution >= 0.6 is 11.3 Å². The van der Waals surface area contributed by atoms with E-state index in [-0.39, 0.29) is 11.5 Å². The van der Waals surface area contributed by atoms with E-state index in [0.717, 1.165) is 10.3 Å². The summed E-state index contributed by atoms with van der Waals surface area (Å²) in [5.41, 5.74) is 1.19. The highest BCUT2D eigenvalue weighted by Gasteiger charge is 2.14. The van der Waals surface area contributed by atoms with Crippen LogP contribution in [0.3, 0.4) is 0 Å². The van der Waals surface area contributed by atoms with Crippen molar-refractivity contribution in [2.45, 2.75) is 12.8 Å². The van der Waals surface area contributed by atoms with E-state index < -0.39 is 0 Å². The number of carbonyl (C=O) groups excluding carboxylic acids is 1. The lowest BCUT2D eigenvalue weighted by Gasteiger charge is -2.18. The first-order valence-corrected chi connectivity index (χ1v) is 9.31. The van der Waals surface area contributed by atoms with Crippen LogP contribution in [-0.2, 0) is 17.6 Å². The number of pyridine rings is 1. The van der Waals surface area contributed by atoms with Crippen molar-refractivity contribution < 1.29 is 14.3 Å². The van der Waals surface area contributed by atoms with Crippen molar-refractivity contribution in [1.29, 1.82) is 0 Å². The topological polar surface area (TPSA) is 80.4 Å². The third kappa shape index (κ3) is 3.57. The molecule has 0 radical (unpaired) electrons. The maximum atomic E-state index is 12.3. The third-order valence-electron chi connectivity index (χ3n) is 4.22. The number of nitrogens with one attached hydrogen (secondary N) is 2. The minimum Gasteiger partial charge on any atom is -0.486 e. The fraction of sp³-hybridized carbons (Fsp3) is 0.263. The molecule has 0 aliphatic carbocycles. The number of amides is 1. The largest absolute Gasteiger partial charge is 0.486 e. The second-order valence-electron chi connectivity index (χ2n) is 6.06. The predicted molar refractivity (Wildman–Crippen MR) is 100 cm³/mol. The Hall–Kier alpha value is -2.80. The van der Waals surface area contributed by atoms with Gasteiger partial charge in [0.05, 0.1) is 11.9 Å². The Labute approximate surface area is 153 Å². The summed E-state index contributed by atoms with van der Waals surface area (Å²) in [7, 11) is 0. The van der Waals surface area contributed by atoms with Crippen LogP contribution < -0.4 is 20.3 Å². The number of aromatic nitrogens is 1. The molecule has 7 heteroatoms. The van der Waals surface area contributed by atoms with Crippen molar-refractivity contribution in [2.75, 3.05) is 19.8 Å². The van der Waals surface area contributed by atoms with Gasteiger partial charge in [0.25, 0.3) is 5.56 Å². The van der Waals surface area contributed by atoms with Crippen LogP contribution in [0.4, 0.5) is 0 Å². The summed E-state index contributed by atoms with van der Waals surface area (Å²) in [4.78, 5) is 28.1. The number of thiophene rings is 1. The lowest BCUT2D eigenvalue weighted by atomic mass is 10.1. The second kappa shape index (κ2) is 7.21. The number of fused-ring (bicyclic) bond motifs is 2. The van der Waals surface area contributed by atoms with Crippen LogP contribution in [0.5, 0.6) is 11.5 Å². The summed E-state index contributed by atoms with van der Waals surface area (Å²) in [6.45, 7) is 1.44. The standard InChI is InChI=1S/C19H18N2O4S/c22-18(10-14-2-1-7-26-14)20-4-3-12-8-13-9-16-17(25-6-5-24-16)11-15(13)21-19(12)23/h1-2,7-9,11H,3-6,10H2,(H,20,22)(H,21,23). The van der Waals surface area contributed by atoms with E-state index in [1.54, 1.807) is 17.4 Å². The molecule has 0 saturated heterocycles. The molecule has 2 N–H and O–H groups in total. The Morgan fingerprint density at radius 2 is 2.00 bits per heavy atom. The van der Waals surface area contributed by atoms with Gasteiger partial charge in [0.15, 0.2) is 11.5 Å². The summed E-state index contributed by atoms with van der Waals surface area (Å²) in [6.07, 6.45) is 0.838. The normalized spacial score (nSPS) is 12.9. The minimum atomic E-state index is -0.151. The first-order chi connectivity index (χ1) is 12.7. The third-order valence-corrected chi connectivity index (χ3v) is 5.09. The van der Waals surface area contributed by atoms with Crippen molar-refractivity contribution >= 4 is 28.1 Å². The van der Waals surface area contributed by atoms with Gasteiger partial charge in [0.2, 0.25) is 5.91 Å².